The maximum Gasteiger partial charge on any atom is 0.356 e. The van der Waals surface area contributed by atoms with Crippen molar-refractivity contribution < 1.29 is 19.1 Å². The van der Waals surface area contributed by atoms with Crippen molar-refractivity contribution in [2.45, 2.75) is 19.3 Å². The molecule has 7 nitrogen and oxygen atoms in total. The van der Waals surface area contributed by atoms with Crippen molar-refractivity contribution in [1.29, 1.82) is 0 Å². The lowest BCUT2D eigenvalue weighted by Gasteiger charge is -2.17. The molecule has 98 valence electrons. The van der Waals surface area contributed by atoms with Crippen molar-refractivity contribution in [2.75, 3.05) is 19.7 Å². The number of hydrogen-bond donors (Lipinski definition) is 2. The Balaban J connectivity index is 1.77. The Bertz CT molecular complexity index is 399. The van der Waals surface area contributed by atoms with E-state index in [1.165, 1.54) is 6.08 Å². The largest absolute Gasteiger partial charge is 0.451 e. The number of hydrogen-bond acceptors (Lipinski definition) is 5. The Morgan fingerprint density at radius 3 is 2.61 bits per heavy atom. The highest BCUT2D eigenvalue weighted by atomic mass is 16.5. The van der Waals surface area contributed by atoms with Crippen molar-refractivity contribution in [3.8, 4) is 0 Å². The van der Waals surface area contributed by atoms with E-state index in [9.17, 15) is 14.4 Å². The van der Waals surface area contributed by atoms with Gasteiger partial charge in [0.1, 0.15) is 5.70 Å². The van der Waals surface area contributed by atoms with Gasteiger partial charge in [-0.25, -0.2) is 4.79 Å². The Hall–Kier alpha value is -2.05. The van der Waals surface area contributed by atoms with Gasteiger partial charge < -0.3 is 9.64 Å². The van der Waals surface area contributed by atoms with Gasteiger partial charge in [-0.15, -0.1) is 0 Å². The first kappa shape index (κ1) is 12.4. The van der Waals surface area contributed by atoms with Gasteiger partial charge >= 0.3 is 5.97 Å². The van der Waals surface area contributed by atoms with Gasteiger partial charge in [-0.3, -0.25) is 20.4 Å². The third kappa shape index (κ3) is 2.99. The van der Waals surface area contributed by atoms with Crippen molar-refractivity contribution in [3.63, 3.8) is 0 Å². The number of amides is 2. The highest BCUT2D eigenvalue weighted by Gasteiger charge is 2.21. The maximum absolute atomic E-state index is 11.6. The third-order valence-corrected chi connectivity index (χ3v) is 2.83. The van der Waals surface area contributed by atoms with Crippen LogP contribution in [0.15, 0.2) is 11.8 Å². The lowest BCUT2D eigenvalue weighted by molar-refractivity contribution is -0.149. The van der Waals surface area contributed by atoms with Gasteiger partial charge in [0.15, 0.2) is 6.61 Å². The zero-order valence-corrected chi connectivity index (χ0v) is 9.90. The number of rotatable bonds is 3. The quantitative estimate of drug-likeness (QED) is 0.634. The van der Waals surface area contributed by atoms with E-state index in [1.54, 1.807) is 4.90 Å². The van der Waals surface area contributed by atoms with E-state index in [-0.39, 0.29) is 30.5 Å². The second-order valence-corrected chi connectivity index (χ2v) is 4.16. The molecule has 0 bridgehead atoms. The van der Waals surface area contributed by atoms with Crippen LogP contribution in [0, 0.1) is 0 Å². The maximum atomic E-state index is 11.6. The number of likely N-dealkylation sites (tertiary alicyclic amines) is 1. The summed E-state index contributed by atoms with van der Waals surface area (Å²) in [6, 6.07) is 0. The van der Waals surface area contributed by atoms with Crippen LogP contribution in [0.25, 0.3) is 0 Å². The molecule has 2 heterocycles. The first-order chi connectivity index (χ1) is 8.66. The molecule has 1 saturated heterocycles. The van der Waals surface area contributed by atoms with E-state index < -0.39 is 5.97 Å². The SMILES string of the molecule is O=C1CC=C(C(=O)OCC(=O)N2CCCC2)NN1. The van der Waals surface area contributed by atoms with Gasteiger partial charge in [0.05, 0.1) is 0 Å². The van der Waals surface area contributed by atoms with Gasteiger partial charge in [0.25, 0.3) is 5.91 Å². The van der Waals surface area contributed by atoms with Crippen LogP contribution in [-0.4, -0.2) is 42.4 Å². The standard InChI is InChI=1S/C11H15N3O4/c15-9-4-3-8(12-13-9)11(17)18-7-10(16)14-5-1-2-6-14/h3,12H,1-2,4-7H2,(H,13,15). The number of nitrogens with one attached hydrogen (secondary N) is 2. The molecule has 0 saturated carbocycles. The Labute approximate surface area is 104 Å². The van der Waals surface area contributed by atoms with Crippen LogP contribution in [-0.2, 0) is 19.1 Å². The fraction of sp³-hybridized carbons (Fsp3) is 0.545. The molecular weight excluding hydrogens is 238 g/mol. The van der Waals surface area contributed by atoms with Gasteiger partial charge in [-0.2, -0.15) is 0 Å². The Morgan fingerprint density at radius 2 is 2.00 bits per heavy atom. The van der Waals surface area contributed by atoms with Crippen LogP contribution in [0.1, 0.15) is 19.3 Å². The van der Waals surface area contributed by atoms with Crippen molar-refractivity contribution in [3.05, 3.63) is 11.8 Å². The van der Waals surface area contributed by atoms with E-state index >= 15 is 0 Å². The number of nitrogens with zero attached hydrogens (tertiary/aromatic N) is 1. The lowest BCUT2D eigenvalue weighted by atomic mass is 10.3. The Kier molecular flexibility index (Phi) is 3.81. The number of carbonyl (C=O) groups is 3. The smallest absolute Gasteiger partial charge is 0.356 e. The fourth-order valence-electron chi connectivity index (χ4n) is 1.83. The molecule has 0 atom stereocenters. The summed E-state index contributed by atoms with van der Waals surface area (Å²) in [5.74, 6) is -1.04. The van der Waals surface area contributed by atoms with Crippen LogP contribution >= 0.6 is 0 Å². The molecule has 2 aliphatic heterocycles. The van der Waals surface area contributed by atoms with Crippen molar-refractivity contribution >= 4 is 17.8 Å². The van der Waals surface area contributed by atoms with E-state index in [2.05, 4.69) is 10.9 Å². The summed E-state index contributed by atoms with van der Waals surface area (Å²) < 4.78 is 4.88. The first-order valence-corrected chi connectivity index (χ1v) is 5.87. The van der Waals surface area contributed by atoms with Crippen LogP contribution in [0.5, 0.6) is 0 Å². The topological polar surface area (TPSA) is 87.7 Å². The van der Waals surface area contributed by atoms with E-state index in [1.807, 2.05) is 0 Å². The molecule has 7 heteroatoms. The zero-order valence-electron chi connectivity index (χ0n) is 9.90. The monoisotopic (exact) mass is 253 g/mol. The second kappa shape index (κ2) is 5.52. The molecule has 0 unspecified atom stereocenters. The fourth-order valence-corrected chi connectivity index (χ4v) is 1.83. The molecule has 2 aliphatic rings. The molecule has 1 fully saturated rings. The molecule has 0 aliphatic carbocycles. The normalized spacial score (nSPS) is 18.8. The molecule has 0 aromatic heterocycles. The third-order valence-electron chi connectivity index (χ3n) is 2.83. The average molecular weight is 253 g/mol. The van der Waals surface area contributed by atoms with Gasteiger partial charge in [0.2, 0.25) is 5.91 Å². The van der Waals surface area contributed by atoms with Crippen LogP contribution in [0.3, 0.4) is 0 Å². The minimum absolute atomic E-state index is 0.123. The number of ether oxygens (including phenoxy) is 1. The molecule has 2 N–H and O–H groups in total. The van der Waals surface area contributed by atoms with Crippen LogP contribution < -0.4 is 10.9 Å². The minimum Gasteiger partial charge on any atom is -0.451 e. The van der Waals surface area contributed by atoms with Crippen molar-refractivity contribution in [1.82, 2.24) is 15.8 Å². The van der Waals surface area contributed by atoms with E-state index in [0.29, 0.717) is 0 Å². The molecule has 0 spiro atoms. The van der Waals surface area contributed by atoms with E-state index in [0.717, 1.165) is 25.9 Å². The summed E-state index contributed by atoms with van der Waals surface area (Å²) in [6.07, 6.45) is 3.55. The van der Waals surface area contributed by atoms with Crippen molar-refractivity contribution in [2.24, 2.45) is 0 Å². The number of hydrazine groups is 1. The van der Waals surface area contributed by atoms with Gasteiger partial charge in [-0.05, 0) is 18.9 Å². The van der Waals surface area contributed by atoms with Crippen LogP contribution in [0.4, 0.5) is 0 Å². The summed E-state index contributed by atoms with van der Waals surface area (Å²) in [4.78, 5) is 35.7. The summed E-state index contributed by atoms with van der Waals surface area (Å²) in [6.45, 7) is 1.20. The van der Waals surface area contributed by atoms with Gasteiger partial charge in [-0.1, -0.05) is 0 Å². The summed E-state index contributed by atoms with van der Waals surface area (Å²) in [5, 5.41) is 0. The predicted octanol–water partition coefficient (Wildman–Crippen LogP) is -0.940. The molecular formula is C11H15N3O4. The summed E-state index contributed by atoms with van der Waals surface area (Å²) in [7, 11) is 0. The first-order valence-electron chi connectivity index (χ1n) is 5.87. The van der Waals surface area contributed by atoms with Gasteiger partial charge in [0, 0.05) is 19.5 Å². The second-order valence-electron chi connectivity index (χ2n) is 4.16. The molecule has 0 radical (unpaired) electrons. The molecule has 2 rings (SSSR count). The predicted molar refractivity (Wildman–Crippen MR) is 60.8 cm³/mol. The Morgan fingerprint density at radius 1 is 1.28 bits per heavy atom. The molecule has 18 heavy (non-hydrogen) atoms. The average Bonchev–Trinajstić information content (AvgIpc) is 2.90. The lowest BCUT2D eigenvalue weighted by Crippen LogP contribution is -2.43. The number of carbonyl (C=O) groups excluding carboxylic acids is 3. The molecule has 0 aromatic carbocycles. The minimum atomic E-state index is -0.637. The molecule has 2 amide bonds. The number of esters is 1. The highest BCUT2D eigenvalue weighted by Crippen LogP contribution is 2.08. The zero-order chi connectivity index (χ0) is 13.0. The molecule has 0 aromatic rings. The van der Waals surface area contributed by atoms with E-state index in [4.69, 9.17) is 4.74 Å². The summed E-state index contributed by atoms with van der Waals surface area (Å²) in [5.41, 5.74) is 4.88. The summed E-state index contributed by atoms with van der Waals surface area (Å²) >= 11 is 0. The van der Waals surface area contributed by atoms with Crippen LogP contribution in [0.2, 0.25) is 0 Å². The highest BCUT2D eigenvalue weighted by molar-refractivity contribution is 5.92.